The van der Waals surface area contributed by atoms with E-state index < -0.39 is 0 Å². The van der Waals surface area contributed by atoms with Crippen molar-refractivity contribution >= 4 is 23.6 Å². The van der Waals surface area contributed by atoms with Crippen molar-refractivity contribution in [3.8, 4) is 0 Å². The molecule has 0 bridgehead atoms. The summed E-state index contributed by atoms with van der Waals surface area (Å²) in [4.78, 5) is 14.5. The van der Waals surface area contributed by atoms with Crippen LogP contribution < -0.4 is 10.2 Å². The second kappa shape index (κ2) is 10.5. The fraction of sp³-hybridized carbons (Fsp3) is 0.550. The van der Waals surface area contributed by atoms with Crippen LogP contribution in [0.2, 0.25) is 0 Å². The Morgan fingerprint density at radius 3 is 2.57 bits per heavy atom. The lowest BCUT2D eigenvalue weighted by Gasteiger charge is -2.28. The molecule has 1 aliphatic heterocycles. The van der Waals surface area contributed by atoms with Crippen molar-refractivity contribution in [3.63, 3.8) is 0 Å². The summed E-state index contributed by atoms with van der Waals surface area (Å²) >= 11 is 1.44. The fourth-order valence-corrected chi connectivity index (χ4v) is 3.93. The maximum atomic E-state index is 12.3. The average molecular weight is 404 g/mol. The van der Waals surface area contributed by atoms with E-state index in [1.165, 1.54) is 17.3 Å². The third kappa shape index (κ3) is 5.48. The SMILES string of the molecule is CCC(CC)NC(=O)CSc1nnc(N2CCOCC2)n1Cc1ccccc1. The zero-order chi connectivity index (χ0) is 19.8. The molecule has 0 radical (unpaired) electrons. The molecule has 1 aromatic heterocycles. The van der Waals surface area contributed by atoms with Crippen LogP contribution in [0.4, 0.5) is 5.95 Å². The summed E-state index contributed by atoms with van der Waals surface area (Å²) in [6.45, 7) is 7.84. The van der Waals surface area contributed by atoms with E-state index in [0.29, 0.717) is 25.5 Å². The highest BCUT2D eigenvalue weighted by Crippen LogP contribution is 2.24. The summed E-state index contributed by atoms with van der Waals surface area (Å²) in [5, 5.41) is 12.7. The third-order valence-corrected chi connectivity index (χ3v) is 5.82. The lowest BCUT2D eigenvalue weighted by Crippen LogP contribution is -2.38. The summed E-state index contributed by atoms with van der Waals surface area (Å²) in [5.41, 5.74) is 1.18. The van der Waals surface area contributed by atoms with Gasteiger partial charge in [0, 0.05) is 19.1 Å². The number of hydrogen-bond donors (Lipinski definition) is 1. The van der Waals surface area contributed by atoms with Gasteiger partial charge in [0.05, 0.1) is 25.5 Å². The summed E-state index contributed by atoms with van der Waals surface area (Å²) < 4.78 is 7.57. The van der Waals surface area contributed by atoms with E-state index in [2.05, 4.69) is 51.0 Å². The van der Waals surface area contributed by atoms with Crippen LogP contribution in [0, 0.1) is 0 Å². The number of amides is 1. The number of hydrogen-bond acceptors (Lipinski definition) is 6. The van der Waals surface area contributed by atoms with Crippen LogP contribution >= 0.6 is 11.8 Å². The topological polar surface area (TPSA) is 72.3 Å². The molecule has 1 saturated heterocycles. The Balaban J connectivity index is 1.74. The molecule has 0 unspecified atom stereocenters. The number of nitrogens with zero attached hydrogens (tertiary/aromatic N) is 4. The monoisotopic (exact) mass is 403 g/mol. The van der Waals surface area contributed by atoms with E-state index in [-0.39, 0.29) is 11.9 Å². The molecule has 8 heteroatoms. The van der Waals surface area contributed by atoms with Gasteiger partial charge in [-0.15, -0.1) is 10.2 Å². The van der Waals surface area contributed by atoms with Gasteiger partial charge in [-0.3, -0.25) is 9.36 Å². The smallest absolute Gasteiger partial charge is 0.230 e. The minimum Gasteiger partial charge on any atom is -0.378 e. The number of morpholine rings is 1. The number of nitrogens with one attached hydrogen (secondary N) is 1. The van der Waals surface area contributed by atoms with Crippen molar-refractivity contribution in [2.24, 2.45) is 0 Å². The Bertz CT molecular complexity index is 742. The van der Waals surface area contributed by atoms with E-state index in [0.717, 1.165) is 37.0 Å². The molecule has 1 aromatic carbocycles. The molecule has 1 fully saturated rings. The van der Waals surface area contributed by atoms with Crippen molar-refractivity contribution < 1.29 is 9.53 Å². The molecule has 0 aliphatic carbocycles. The molecule has 1 amide bonds. The predicted molar refractivity (Wildman–Crippen MR) is 112 cm³/mol. The second-order valence-corrected chi connectivity index (χ2v) is 7.77. The molecule has 0 spiro atoms. The molecule has 2 heterocycles. The van der Waals surface area contributed by atoms with Crippen molar-refractivity contribution in [1.82, 2.24) is 20.1 Å². The molecule has 0 saturated carbocycles. The number of carbonyl (C=O) groups is 1. The van der Waals surface area contributed by atoms with E-state index in [1.807, 2.05) is 18.2 Å². The predicted octanol–water partition coefficient (Wildman–Crippen LogP) is 2.56. The molecule has 7 nitrogen and oxygen atoms in total. The van der Waals surface area contributed by atoms with E-state index in [9.17, 15) is 4.79 Å². The highest BCUT2D eigenvalue weighted by Gasteiger charge is 2.21. The Morgan fingerprint density at radius 2 is 1.89 bits per heavy atom. The highest BCUT2D eigenvalue weighted by molar-refractivity contribution is 7.99. The van der Waals surface area contributed by atoms with Crippen molar-refractivity contribution in [2.45, 2.75) is 44.4 Å². The van der Waals surface area contributed by atoms with Gasteiger partial charge in [0.25, 0.3) is 0 Å². The largest absolute Gasteiger partial charge is 0.378 e. The molecule has 28 heavy (non-hydrogen) atoms. The van der Waals surface area contributed by atoms with Crippen LogP contribution in [0.1, 0.15) is 32.3 Å². The van der Waals surface area contributed by atoms with Gasteiger partial charge in [-0.2, -0.15) is 0 Å². The lowest BCUT2D eigenvalue weighted by atomic mass is 10.2. The zero-order valence-corrected chi connectivity index (χ0v) is 17.5. The maximum Gasteiger partial charge on any atom is 0.230 e. The van der Waals surface area contributed by atoms with E-state index in [4.69, 9.17) is 4.74 Å². The minimum absolute atomic E-state index is 0.0425. The molecular formula is C20H29N5O2S. The number of carbonyl (C=O) groups excluding carboxylic acids is 1. The molecule has 0 atom stereocenters. The molecule has 2 aromatic rings. The summed E-state index contributed by atoms with van der Waals surface area (Å²) in [5.74, 6) is 1.22. The van der Waals surface area contributed by atoms with Crippen LogP contribution in [-0.4, -0.2) is 58.8 Å². The fourth-order valence-electron chi connectivity index (χ4n) is 3.18. The number of thioether (sulfide) groups is 1. The van der Waals surface area contributed by atoms with Gasteiger partial charge in [-0.1, -0.05) is 55.9 Å². The highest BCUT2D eigenvalue weighted by atomic mass is 32.2. The first-order valence-corrected chi connectivity index (χ1v) is 10.9. The van der Waals surface area contributed by atoms with Gasteiger partial charge in [-0.25, -0.2) is 0 Å². The van der Waals surface area contributed by atoms with Gasteiger partial charge in [-0.05, 0) is 18.4 Å². The number of anilines is 1. The molecule has 1 N–H and O–H groups in total. The third-order valence-electron chi connectivity index (χ3n) is 4.86. The van der Waals surface area contributed by atoms with Crippen LogP contribution in [0.5, 0.6) is 0 Å². The molecule has 3 rings (SSSR count). The first-order valence-electron chi connectivity index (χ1n) is 9.93. The van der Waals surface area contributed by atoms with E-state index in [1.54, 1.807) is 0 Å². The molecule has 152 valence electrons. The van der Waals surface area contributed by atoms with Gasteiger partial charge < -0.3 is 15.0 Å². The Hall–Kier alpha value is -2.06. The summed E-state index contributed by atoms with van der Waals surface area (Å²) in [6, 6.07) is 10.5. The first kappa shape index (κ1) is 20.7. The Labute approximate surface area is 170 Å². The quantitative estimate of drug-likeness (QED) is 0.649. The van der Waals surface area contributed by atoms with Crippen LogP contribution in [-0.2, 0) is 16.1 Å². The van der Waals surface area contributed by atoms with Gasteiger partial charge in [0.15, 0.2) is 5.16 Å². The second-order valence-electron chi connectivity index (χ2n) is 6.82. The van der Waals surface area contributed by atoms with Crippen molar-refractivity contribution in [3.05, 3.63) is 35.9 Å². The van der Waals surface area contributed by atoms with Crippen LogP contribution in [0.25, 0.3) is 0 Å². The van der Waals surface area contributed by atoms with Crippen LogP contribution in [0.3, 0.4) is 0 Å². The summed E-state index contributed by atoms with van der Waals surface area (Å²) in [7, 11) is 0. The number of ether oxygens (including phenoxy) is 1. The Kier molecular flexibility index (Phi) is 7.73. The van der Waals surface area contributed by atoms with Crippen molar-refractivity contribution in [2.75, 3.05) is 37.0 Å². The number of aromatic nitrogens is 3. The lowest BCUT2D eigenvalue weighted by molar-refractivity contribution is -0.119. The van der Waals surface area contributed by atoms with E-state index >= 15 is 0 Å². The Morgan fingerprint density at radius 1 is 1.18 bits per heavy atom. The standard InChI is InChI=1S/C20H29N5O2S/c1-3-17(4-2)21-18(26)15-28-20-23-22-19(24-10-12-27-13-11-24)25(20)14-16-8-6-5-7-9-16/h5-9,17H,3-4,10-15H2,1-2H3,(H,21,26). The number of rotatable bonds is 9. The normalized spacial score (nSPS) is 14.5. The minimum atomic E-state index is 0.0425. The molecular weight excluding hydrogens is 374 g/mol. The summed E-state index contributed by atoms with van der Waals surface area (Å²) in [6.07, 6.45) is 1.89. The average Bonchev–Trinajstić information content (AvgIpc) is 3.14. The van der Waals surface area contributed by atoms with Gasteiger partial charge >= 0.3 is 0 Å². The zero-order valence-electron chi connectivity index (χ0n) is 16.6. The van der Waals surface area contributed by atoms with Crippen molar-refractivity contribution in [1.29, 1.82) is 0 Å². The number of benzene rings is 1. The van der Waals surface area contributed by atoms with Gasteiger partial charge in [0.2, 0.25) is 11.9 Å². The van der Waals surface area contributed by atoms with Gasteiger partial charge in [0.1, 0.15) is 0 Å². The maximum absolute atomic E-state index is 12.3. The first-order chi connectivity index (χ1) is 13.7. The van der Waals surface area contributed by atoms with Crippen LogP contribution in [0.15, 0.2) is 35.5 Å². The molecule has 1 aliphatic rings.